The lowest BCUT2D eigenvalue weighted by atomic mass is 10.1. The van der Waals surface area contributed by atoms with Gasteiger partial charge >= 0.3 is 6.18 Å². The summed E-state index contributed by atoms with van der Waals surface area (Å²) in [7, 11) is 0. The lowest BCUT2D eigenvalue weighted by molar-refractivity contribution is -0.137. The minimum atomic E-state index is -4.51. The van der Waals surface area contributed by atoms with Crippen LogP contribution in [-0.2, 0) is 11.0 Å². The number of halogens is 5. The fourth-order valence-corrected chi connectivity index (χ4v) is 2.23. The Hall–Kier alpha value is -2.97. The van der Waals surface area contributed by atoms with Crippen molar-refractivity contribution in [1.82, 2.24) is 10.6 Å². The molecule has 0 heterocycles. The van der Waals surface area contributed by atoms with Crippen LogP contribution in [0.3, 0.4) is 0 Å². The van der Waals surface area contributed by atoms with Crippen molar-refractivity contribution in [2.75, 3.05) is 6.54 Å². The summed E-state index contributed by atoms with van der Waals surface area (Å²) in [5.41, 5.74) is -0.599. The van der Waals surface area contributed by atoms with Crippen molar-refractivity contribution in [2.24, 2.45) is 0 Å². The van der Waals surface area contributed by atoms with Gasteiger partial charge in [0.05, 0.1) is 18.2 Å². The highest BCUT2D eigenvalue weighted by molar-refractivity contribution is 5.96. The molecular weight excluding hydrogens is 371 g/mol. The summed E-state index contributed by atoms with van der Waals surface area (Å²) in [5.74, 6) is -3.39. The molecule has 0 aliphatic heterocycles. The molecule has 144 valence electrons. The van der Waals surface area contributed by atoms with Crippen LogP contribution in [0.1, 0.15) is 34.5 Å². The molecular formula is C18H15F5N2O2. The molecule has 1 atom stereocenters. The van der Waals surface area contributed by atoms with E-state index in [1.807, 2.05) is 0 Å². The molecule has 0 radical (unpaired) electrons. The van der Waals surface area contributed by atoms with E-state index in [4.69, 9.17) is 0 Å². The second-order valence-corrected chi connectivity index (χ2v) is 5.72. The van der Waals surface area contributed by atoms with Crippen LogP contribution in [0.25, 0.3) is 0 Å². The average molecular weight is 386 g/mol. The molecule has 2 N–H and O–H groups in total. The van der Waals surface area contributed by atoms with E-state index in [-0.39, 0.29) is 5.56 Å². The highest BCUT2D eigenvalue weighted by Crippen LogP contribution is 2.29. The first kappa shape index (κ1) is 20.3. The Morgan fingerprint density at radius 2 is 1.63 bits per heavy atom. The van der Waals surface area contributed by atoms with Crippen molar-refractivity contribution in [3.05, 3.63) is 70.8 Å². The van der Waals surface area contributed by atoms with Gasteiger partial charge in [-0.2, -0.15) is 13.2 Å². The standard InChI is InChI=1S/C18H15F5N2O2/c1-10(12-4-7-14(19)15(20)8-12)25-16(26)9-24-17(27)11-2-5-13(6-3-11)18(21,22)23/h2-8,10H,9H2,1H3,(H,24,27)(H,25,26)/t10-/m1/s1. The predicted molar refractivity (Wildman–Crippen MR) is 86.7 cm³/mol. The first-order chi connectivity index (χ1) is 12.6. The summed E-state index contributed by atoms with van der Waals surface area (Å²) < 4.78 is 63.6. The third-order valence-corrected chi connectivity index (χ3v) is 3.71. The van der Waals surface area contributed by atoms with Crippen molar-refractivity contribution in [3.8, 4) is 0 Å². The minimum Gasteiger partial charge on any atom is -0.348 e. The SMILES string of the molecule is C[C@@H](NC(=O)CNC(=O)c1ccc(C(F)(F)F)cc1)c1ccc(F)c(F)c1. The van der Waals surface area contributed by atoms with Gasteiger partial charge in [0.25, 0.3) is 5.91 Å². The van der Waals surface area contributed by atoms with Gasteiger partial charge in [-0.25, -0.2) is 8.78 Å². The summed E-state index contributed by atoms with van der Waals surface area (Å²) in [6.07, 6.45) is -4.51. The highest BCUT2D eigenvalue weighted by atomic mass is 19.4. The number of nitrogens with one attached hydrogen (secondary N) is 2. The zero-order valence-electron chi connectivity index (χ0n) is 14.0. The number of rotatable bonds is 5. The smallest absolute Gasteiger partial charge is 0.348 e. The van der Waals surface area contributed by atoms with Crippen LogP contribution in [0.5, 0.6) is 0 Å². The Bertz CT molecular complexity index is 835. The van der Waals surface area contributed by atoms with Crippen LogP contribution in [0.4, 0.5) is 22.0 Å². The number of alkyl halides is 3. The molecule has 0 aliphatic carbocycles. The Balaban J connectivity index is 1.89. The number of amides is 2. The predicted octanol–water partition coefficient (Wildman–Crippen LogP) is 3.59. The quantitative estimate of drug-likeness (QED) is 0.772. The first-order valence-electron chi connectivity index (χ1n) is 7.77. The van der Waals surface area contributed by atoms with E-state index in [2.05, 4.69) is 10.6 Å². The van der Waals surface area contributed by atoms with Gasteiger partial charge in [-0.1, -0.05) is 6.07 Å². The summed E-state index contributed by atoms with van der Waals surface area (Å²) in [6, 6.07) is 6.07. The topological polar surface area (TPSA) is 58.2 Å². The summed E-state index contributed by atoms with van der Waals surface area (Å²) >= 11 is 0. The molecule has 0 spiro atoms. The van der Waals surface area contributed by atoms with Gasteiger partial charge in [0.1, 0.15) is 0 Å². The van der Waals surface area contributed by atoms with Crippen LogP contribution in [0.2, 0.25) is 0 Å². The Morgan fingerprint density at radius 1 is 1.00 bits per heavy atom. The van der Waals surface area contributed by atoms with Crippen LogP contribution in [0.15, 0.2) is 42.5 Å². The molecule has 0 bridgehead atoms. The van der Waals surface area contributed by atoms with E-state index in [1.165, 1.54) is 6.07 Å². The van der Waals surface area contributed by atoms with Crippen LogP contribution < -0.4 is 10.6 Å². The van der Waals surface area contributed by atoms with E-state index < -0.39 is 47.8 Å². The number of hydrogen-bond donors (Lipinski definition) is 2. The number of benzene rings is 2. The molecule has 0 aromatic heterocycles. The summed E-state index contributed by atoms with van der Waals surface area (Å²) in [4.78, 5) is 23.7. The van der Waals surface area contributed by atoms with E-state index >= 15 is 0 Å². The van der Waals surface area contributed by atoms with E-state index in [0.717, 1.165) is 36.4 Å². The normalized spacial score (nSPS) is 12.4. The average Bonchev–Trinajstić information content (AvgIpc) is 2.61. The largest absolute Gasteiger partial charge is 0.416 e. The number of carbonyl (C=O) groups is 2. The number of hydrogen-bond acceptors (Lipinski definition) is 2. The van der Waals surface area contributed by atoms with Gasteiger partial charge in [-0.3, -0.25) is 9.59 Å². The van der Waals surface area contributed by atoms with Gasteiger partial charge in [0.15, 0.2) is 11.6 Å². The molecule has 0 saturated heterocycles. The number of carbonyl (C=O) groups excluding carboxylic acids is 2. The minimum absolute atomic E-state index is 0.0375. The zero-order valence-corrected chi connectivity index (χ0v) is 14.0. The maximum Gasteiger partial charge on any atom is 0.416 e. The van der Waals surface area contributed by atoms with Crippen molar-refractivity contribution >= 4 is 11.8 Å². The molecule has 0 aliphatic rings. The molecule has 2 rings (SSSR count). The van der Waals surface area contributed by atoms with Crippen molar-refractivity contribution < 1.29 is 31.5 Å². The lowest BCUT2D eigenvalue weighted by Crippen LogP contribution is -2.38. The zero-order chi connectivity index (χ0) is 20.2. The Labute approximate surface area is 151 Å². The molecule has 0 fully saturated rings. The maximum absolute atomic E-state index is 13.2. The molecule has 4 nitrogen and oxygen atoms in total. The van der Waals surface area contributed by atoms with Crippen LogP contribution >= 0.6 is 0 Å². The molecule has 2 aromatic rings. The molecule has 2 amide bonds. The molecule has 0 unspecified atom stereocenters. The van der Waals surface area contributed by atoms with E-state index in [1.54, 1.807) is 6.92 Å². The molecule has 9 heteroatoms. The van der Waals surface area contributed by atoms with Crippen molar-refractivity contribution in [1.29, 1.82) is 0 Å². The van der Waals surface area contributed by atoms with Gasteiger partial charge < -0.3 is 10.6 Å². The summed E-state index contributed by atoms with van der Waals surface area (Å²) in [6.45, 7) is 1.11. The molecule has 2 aromatic carbocycles. The maximum atomic E-state index is 13.2. The monoisotopic (exact) mass is 386 g/mol. The van der Waals surface area contributed by atoms with Crippen LogP contribution in [-0.4, -0.2) is 18.4 Å². The van der Waals surface area contributed by atoms with Gasteiger partial charge in [-0.05, 0) is 48.9 Å². The van der Waals surface area contributed by atoms with Gasteiger partial charge in [0.2, 0.25) is 5.91 Å². The third kappa shape index (κ3) is 5.50. The lowest BCUT2D eigenvalue weighted by Gasteiger charge is -2.15. The highest BCUT2D eigenvalue weighted by Gasteiger charge is 2.30. The van der Waals surface area contributed by atoms with Crippen molar-refractivity contribution in [3.63, 3.8) is 0 Å². The second-order valence-electron chi connectivity index (χ2n) is 5.72. The second kappa shape index (κ2) is 8.15. The van der Waals surface area contributed by atoms with E-state index in [9.17, 15) is 31.5 Å². The van der Waals surface area contributed by atoms with E-state index in [0.29, 0.717) is 5.56 Å². The molecule has 27 heavy (non-hydrogen) atoms. The fraction of sp³-hybridized carbons (Fsp3) is 0.222. The summed E-state index contributed by atoms with van der Waals surface area (Å²) in [5, 5.41) is 4.76. The molecule has 0 saturated carbocycles. The van der Waals surface area contributed by atoms with Crippen LogP contribution in [0, 0.1) is 11.6 Å². The third-order valence-electron chi connectivity index (χ3n) is 3.71. The first-order valence-corrected chi connectivity index (χ1v) is 7.77. The van der Waals surface area contributed by atoms with Gasteiger partial charge in [-0.15, -0.1) is 0 Å². The van der Waals surface area contributed by atoms with Gasteiger partial charge in [0, 0.05) is 5.56 Å². The van der Waals surface area contributed by atoms with Crippen molar-refractivity contribution in [2.45, 2.75) is 19.1 Å². The Kier molecular flexibility index (Phi) is 6.14. The Morgan fingerprint density at radius 3 is 2.19 bits per heavy atom. The fourth-order valence-electron chi connectivity index (χ4n) is 2.23.